The van der Waals surface area contributed by atoms with Crippen molar-refractivity contribution >= 4 is 0 Å². The van der Waals surface area contributed by atoms with E-state index in [9.17, 15) is 17.6 Å². The third kappa shape index (κ3) is 3.90. The van der Waals surface area contributed by atoms with Crippen molar-refractivity contribution in [2.75, 3.05) is 0 Å². The highest BCUT2D eigenvalue weighted by Gasteiger charge is 2.33. The van der Waals surface area contributed by atoms with Crippen LogP contribution in [0.3, 0.4) is 0 Å². The molecule has 0 N–H and O–H groups in total. The molecule has 0 aliphatic rings. The Labute approximate surface area is 86.9 Å². The molecule has 0 amide bonds. The van der Waals surface area contributed by atoms with Crippen LogP contribution in [-0.2, 0) is 12.6 Å². The van der Waals surface area contributed by atoms with Crippen LogP contribution in [0.5, 0.6) is 0 Å². The van der Waals surface area contributed by atoms with E-state index >= 15 is 0 Å². The number of hydrogen-bond acceptors (Lipinski definition) is 0. The fourth-order valence-corrected chi connectivity index (χ4v) is 1.01. The predicted molar refractivity (Wildman–Crippen MR) is 52.1 cm³/mol. The number of hydrogen-bond donors (Lipinski definition) is 0. The molecule has 0 unspecified atom stereocenters. The zero-order chi connectivity index (χ0) is 12.1. The molecule has 0 radical (unpaired) electrons. The highest BCUT2D eigenvalue weighted by molar-refractivity contribution is 5.27. The minimum atomic E-state index is -4.60. The lowest BCUT2D eigenvalue weighted by Crippen LogP contribution is -2.08. The molecular formula is C11H14F4. The van der Waals surface area contributed by atoms with Gasteiger partial charge in [-0.05, 0) is 24.1 Å². The van der Waals surface area contributed by atoms with Gasteiger partial charge in [0, 0.05) is 0 Å². The molecule has 1 rings (SSSR count). The Bertz CT molecular complexity index is 302. The van der Waals surface area contributed by atoms with Gasteiger partial charge in [0.15, 0.2) is 0 Å². The maximum atomic E-state index is 12.7. The number of halogens is 4. The molecule has 15 heavy (non-hydrogen) atoms. The Morgan fingerprint density at radius 3 is 2.07 bits per heavy atom. The van der Waals surface area contributed by atoms with Crippen molar-refractivity contribution in [2.45, 2.75) is 33.4 Å². The number of alkyl halides is 3. The first-order chi connectivity index (χ1) is 6.95. The lowest BCUT2D eigenvalue weighted by molar-refractivity contribution is -0.140. The quantitative estimate of drug-likeness (QED) is 0.616. The van der Waals surface area contributed by atoms with Crippen LogP contribution in [0.25, 0.3) is 0 Å². The molecule has 0 spiro atoms. The highest BCUT2D eigenvalue weighted by atomic mass is 19.4. The third-order valence-electron chi connectivity index (χ3n) is 1.74. The van der Waals surface area contributed by atoms with Gasteiger partial charge in [-0.1, -0.05) is 26.8 Å². The predicted octanol–water partition coefficient (Wildman–Crippen LogP) is 4.43. The molecular weight excluding hydrogens is 208 g/mol. The molecule has 0 fully saturated rings. The molecule has 86 valence electrons. The molecule has 0 saturated carbocycles. The molecule has 0 aliphatic heterocycles. The van der Waals surface area contributed by atoms with Crippen LogP contribution in [0.1, 0.15) is 31.9 Å². The van der Waals surface area contributed by atoms with Crippen LogP contribution in [0.2, 0.25) is 0 Å². The summed E-state index contributed by atoms with van der Waals surface area (Å²) in [7, 11) is 0. The third-order valence-corrected chi connectivity index (χ3v) is 1.74. The summed E-state index contributed by atoms with van der Waals surface area (Å²) in [6, 6.07) is 3.04. The van der Waals surface area contributed by atoms with E-state index in [0.29, 0.717) is 12.0 Å². The zero-order valence-corrected chi connectivity index (χ0v) is 8.95. The smallest absolute Gasteiger partial charge is 0.206 e. The molecule has 0 atom stereocenters. The molecule has 0 nitrogen and oxygen atoms in total. The van der Waals surface area contributed by atoms with Gasteiger partial charge in [0.2, 0.25) is 0 Å². The van der Waals surface area contributed by atoms with Crippen LogP contribution < -0.4 is 0 Å². The van der Waals surface area contributed by atoms with Gasteiger partial charge in [-0.15, -0.1) is 0 Å². The minimum absolute atomic E-state index is 0.462. The normalized spacial score (nSPS) is 10.6. The lowest BCUT2D eigenvalue weighted by Gasteiger charge is -2.08. The molecule has 0 heterocycles. The van der Waals surface area contributed by atoms with Gasteiger partial charge in [-0.3, -0.25) is 0 Å². The SMILES string of the molecule is CC.CCc1ccc(F)c(C(F)(F)F)c1. The summed E-state index contributed by atoms with van der Waals surface area (Å²) in [6.45, 7) is 5.72. The second kappa shape index (κ2) is 5.73. The summed E-state index contributed by atoms with van der Waals surface area (Å²) in [5.74, 6) is -1.22. The van der Waals surface area contributed by atoms with E-state index in [2.05, 4.69) is 0 Å². The second-order valence-electron chi connectivity index (χ2n) is 2.67. The fourth-order valence-electron chi connectivity index (χ4n) is 1.01. The molecule has 1 aromatic rings. The van der Waals surface area contributed by atoms with Crippen molar-refractivity contribution < 1.29 is 17.6 Å². The Morgan fingerprint density at radius 2 is 1.67 bits per heavy atom. The number of benzene rings is 1. The van der Waals surface area contributed by atoms with Gasteiger partial charge in [0.05, 0.1) is 5.56 Å². The van der Waals surface area contributed by atoms with Crippen LogP contribution in [0.4, 0.5) is 17.6 Å². The highest BCUT2D eigenvalue weighted by Crippen LogP contribution is 2.31. The van der Waals surface area contributed by atoms with Gasteiger partial charge in [-0.2, -0.15) is 13.2 Å². The standard InChI is InChI=1S/C9H8F4.C2H6/c1-2-6-3-4-8(10)7(5-6)9(11,12)13;1-2/h3-5H,2H2,1H3;1-2H3. The van der Waals surface area contributed by atoms with Gasteiger partial charge in [0.1, 0.15) is 5.82 Å². The first-order valence-corrected chi connectivity index (χ1v) is 4.80. The maximum absolute atomic E-state index is 12.7. The largest absolute Gasteiger partial charge is 0.419 e. The Hall–Kier alpha value is -1.06. The Balaban J connectivity index is 0.000000921. The van der Waals surface area contributed by atoms with Crippen LogP contribution in [-0.4, -0.2) is 0 Å². The summed E-state index contributed by atoms with van der Waals surface area (Å²) < 4.78 is 49.1. The van der Waals surface area contributed by atoms with Crippen LogP contribution in [0, 0.1) is 5.82 Å². The topological polar surface area (TPSA) is 0 Å². The van der Waals surface area contributed by atoms with E-state index in [4.69, 9.17) is 0 Å². The summed E-state index contributed by atoms with van der Waals surface area (Å²) in [5, 5.41) is 0. The van der Waals surface area contributed by atoms with Gasteiger partial charge < -0.3 is 0 Å². The first-order valence-electron chi connectivity index (χ1n) is 4.80. The maximum Gasteiger partial charge on any atom is 0.419 e. The van der Waals surface area contributed by atoms with Crippen molar-refractivity contribution in [3.63, 3.8) is 0 Å². The average molecular weight is 222 g/mol. The molecule has 0 aromatic heterocycles. The molecule has 4 heteroatoms. The monoisotopic (exact) mass is 222 g/mol. The first kappa shape index (κ1) is 13.9. The van der Waals surface area contributed by atoms with E-state index in [-0.39, 0.29) is 0 Å². The average Bonchev–Trinajstić information content (AvgIpc) is 2.20. The van der Waals surface area contributed by atoms with E-state index in [1.165, 1.54) is 6.07 Å². The summed E-state index contributed by atoms with van der Waals surface area (Å²) in [6.07, 6.45) is -4.14. The van der Waals surface area contributed by atoms with Crippen molar-refractivity contribution in [3.8, 4) is 0 Å². The van der Waals surface area contributed by atoms with E-state index in [0.717, 1.165) is 12.1 Å². The number of aryl methyl sites for hydroxylation is 1. The van der Waals surface area contributed by atoms with Crippen molar-refractivity contribution in [2.24, 2.45) is 0 Å². The summed E-state index contributed by atoms with van der Waals surface area (Å²) >= 11 is 0. The lowest BCUT2D eigenvalue weighted by atomic mass is 10.1. The second-order valence-corrected chi connectivity index (χ2v) is 2.67. The van der Waals surface area contributed by atoms with Gasteiger partial charge >= 0.3 is 6.18 Å². The summed E-state index contributed by atoms with van der Waals surface area (Å²) in [4.78, 5) is 0. The zero-order valence-electron chi connectivity index (χ0n) is 8.95. The van der Waals surface area contributed by atoms with E-state index in [1.54, 1.807) is 6.92 Å². The minimum Gasteiger partial charge on any atom is -0.206 e. The molecule has 0 bridgehead atoms. The van der Waals surface area contributed by atoms with Crippen LogP contribution in [0.15, 0.2) is 18.2 Å². The van der Waals surface area contributed by atoms with Crippen molar-refractivity contribution in [1.82, 2.24) is 0 Å². The van der Waals surface area contributed by atoms with Crippen molar-refractivity contribution in [3.05, 3.63) is 35.1 Å². The Kier molecular flexibility index (Phi) is 5.33. The Morgan fingerprint density at radius 1 is 1.13 bits per heavy atom. The fraction of sp³-hybridized carbons (Fsp3) is 0.455. The van der Waals surface area contributed by atoms with Gasteiger partial charge in [-0.25, -0.2) is 4.39 Å². The molecule has 0 saturated heterocycles. The number of rotatable bonds is 1. The molecule has 0 aliphatic carbocycles. The van der Waals surface area contributed by atoms with Crippen LogP contribution >= 0.6 is 0 Å². The van der Waals surface area contributed by atoms with E-state index in [1.807, 2.05) is 13.8 Å². The van der Waals surface area contributed by atoms with Crippen molar-refractivity contribution in [1.29, 1.82) is 0 Å². The van der Waals surface area contributed by atoms with Gasteiger partial charge in [0.25, 0.3) is 0 Å². The summed E-state index contributed by atoms with van der Waals surface area (Å²) in [5.41, 5.74) is -0.708. The van der Waals surface area contributed by atoms with E-state index < -0.39 is 17.6 Å². The molecule has 1 aromatic carbocycles.